The first-order chi connectivity index (χ1) is 13.7. The van der Waals surface area contributed by atoms with Crippen molar-refractivity contribution in [2.24, 2.45) is 5.73 Å². The molecule has 2 N–H and O–H groups in total. The van der Waals surface area contributed by atoms with Crippen molar-refractivity contribution in [2.45, 2.75) is 65.4 Å². The maximum Gasteiger partial charge on any atom is 0.308 e. The van der Waals surface area contributed by atoms with Gasteiger partial charge in [-0.15, -0.1) is 0 Å². The standard InChI is InChI=1S/C22H36N2O5/c1-6-27-20(28-7-2)16-24(14-13-17-11-9-8-10-12-17)21(26)18(23)15-19(25)29-22(3,4)5/h8-12,18,20H,6-7,13-16,23H2,1-5H3/t18-/m0/s1. The van der Waals surface area contributed by atoms with Gasteiger partial charge < -0.3 is 24.8 Å². The summed E-state index contributed by atoms with van der Waals surface area (Å²) in [5, 5.41) is 0. The zero-order valence-electron chi connectivity index (χ0n) is 18.3. The summed E-state index contributed by atoms with van der Waals surface area (Å²) in [6, 6.07) is 8.89. The van der Waals surface area contributed by atoms with Crippen LogP contribution in [-0.2, 0) is 30.2 Å². The van der Waals surface area contributed by atoms with Crippen molar-refractivity contribution in [2.75, 3.05) is 26.3 Å². The topological polar surface area (TPSA) is 91.1 Å². The van der Waals surface area contributed by atoms with Gasteiger partial charge in [-0.3, -0.25) is 9.59 Å². The van der Waals surface area contributed by atoms with Gasteiger partial charge in [0.2, 0.25) is 5.91 Å². The Labute approximate surface area is 174 Å². The van der Waals surface area contributed by atoms with E-state index < -0.39 is 23.9 Å². The van der Waals surface area contributed by atoms with E-state index in [-0.39, 0.29) is 18.9 Å². The molecule has 0 unspecified atom stereocenters. The van der Waals surface area contributed by atoms with E-state index in [1.54, 1.807) is 25.7 Å². The van der Waals surface area contributed by atoms with E-state index in [9.17, 15) is 9.59 Å². The van der Waals surface area contributed by atoms with Crippen LogP contribution in [0.2, 0.25) is 0 Å². The molecule has 29 heavy (non-hydrogen) atoms. The fourth-order valence-corrected chi connectivity index (χ4v) is 2.79. The zero-order chi connectivity index (χ0) is 21.9. The number of nitrogens with zero attached hydrogens (tertiary/aromatic N) is 1. The first-order valence-electron chi connectivity index (χ1n) is 10.2. The van der Waals surface area contributed by atoms with Crippen LogP contribution in [0.25, 0.3) is 0 Å². The first-order valence-corrected chi connectivity index (χ1v) is 10.2. The lowest BCUT2D eigenvalue weighted by atomic mass is 10.1. The van der Waals surface area contributed by atoms with Gasteiger partial charge in [-0.25, -0.2) is 0 Å². The van der Waals surface area contributed by atoms with Gasteiger partial charge in [-0.05, 0) is 46.6 Å². The van der Waals surface area contributed by atoms with E-state index in [1.807, 2.05) is 44.2 Å². The highest BCUT2D eigenvalue weighted by Gasteiger charge is 2.28. The molecular formula is C22H36N2O5. The molecule has 1 amide bonds. The van der Waals surface area contributed by atoms with Crippen LogP contribution in [-0.4, -0.2) is 61.0 Å². The van der Waals surface area contributed by atoms with Crippen molar-refractivity contribution < 1.29 is 23.8 Å². The average Bonchev–Trinajstić information content (AvgIpc) is 2.64. The summed E-state index contributed by atoms with van der Waals surface area (Å²) in [7, 11) is 0. The van der Waals surface area contributed by atoms with Gasteiger partial charge in [0.15, 0.2) is 6.29 Å². The maximum atomic E-state index is 13.0. The second-order valence-corrected chi connectivity index (χ2v) is 7.76. The van der Waals surface area contributed by atoms with Crippen LogP contribution in [0.1, 0.15) is 46.6 Å². The van der Waals surface area contributed by atoms with Crippen molar-refractivity contribution in [3.63, 3.8) is 0 Å². The smallest absolute Gasteiger partial charge is 0.308 e. The molecule has 1 aromatic rings. The van der Waals surface area contributed by atoms with Crippen LogP contribution >= 0.6 is 0 Å². The van der Waals surface area contributed by atoms with Crippen LogP contribution in [0.4, 0.5) is 0 Å². The first kappa shape index (κ1) is 25.1. The Morgan fingerprint density at radius 2 is 1.66 bits per heavy atom. The molecule has 1 atom stereocenters. The van der Waals surface area contributed by atoms with Gasteiger partial charge in [-0.1, -0.05) is 30.3 Å². The van der Waals surface area contributed by atoms with Crippen molar-refractivity contribution in [1.82, 2.24) is 4.90 Å². The Kier molecular flexibility index (Phi) is 10.9. The summed E-state index contributed by atoms with van der Waals surface area (Å²) in [6.45, 7) is 10.7. The molecule has 0 aliphatic carbocycles. The van der Waals surface area contributed by atoms with Crippen molar-refractivity contribution in [1.29, 1.82) is 0 Å². The number of esters is 1. The normalized spacial score (nSPS) is 12.7. The molecule has 0 spiro atoms. The van der Waals surface area contributed by atoms with Gasteiger partial charge in [0.05, 0.1) is 19.0 Å². The van der Waals surface area contributed by atoms with Crippen LogP contribution < -0.4 is 5.73 Å². The third-order valence-electron chi connectivity index (χ3n) is 4.02. The van der Waals surface area contributed by atoms with Crippen LogP contribution in [0.5, 0.6) is 0 Å². The van der Waals surface area contributed by atoms with Crippen LogP contribution in [0, 0.1) is 0 Å². The third-order valence-corrected chi connectivity index (χ3v) is 4.02. The highest BCUT2D eigenvalue weighted by atomic mass is 16.7. The zero-order valence-corrected chi connectivity index (χ0v) is 18.3. The summed E-state index contributed by atoms with van der Waals surface area (Å²) in [4.78, 5) is 26.7. The van der Waals surface area contributed by atoms with E-state index >= 15 is 0 Å². The summed E-state index contributed by atoms with van der Waals surface area (Å²) in [6.07, 6.45) is -0.0544. The number of rotatable bonds is 12. The monoisotopic (exact) mass is 408 g/mol. The average molecular weight is 409 g/mol. The predicted octanol–water partition coefficient (Wildman–Crippen LogP) is 2.52. The Balaban J connectivity index is 2.83. The SMILES string of the molecule is CCOC(CN(CCc1ccccc1)C(=O)[C@@H](N)CC(=O)OC(C)(C)C)OCC. The lowest BCUT2D eigenvalue weighted by Gasteiger charge is -2.29. The molecule has 0 saturated carbocycles. The molecule has 0 radical (unpaired) electrons. The van der Waals surface area contributed by atoms with Crippen LogP contribution in [0.15, 0.2) is 30.3 Å². The van der Waals surface area contributed by atoms with Crippen molar-refractivity contribution in [3.05, 3.63) is 35.9 Å². The Bertz CT molecular complexity index is 609. The summed E-state index contributed by atoms with van der Waals surface area (Å²) >= 11 is 0. The molecule has 1 aromatic carbocycles. The number of carbonyl (C=O) groups is 2. The van der Waals surface area contributed by atoms with Gasteiger partial charge in [0.1, 0.15) is 5.60 Å². The van der Waals surface area contributed by atoms with Gasteiger partial charge >= 0.3 is 5.97 Å². The molecule has 0 bridgehead atoms. The quantitative estimate of drug-likeness (QED) is 0.422. The number of hydrogen-bond donors (Lipinski definition) is 1. The molecule has 7 nitrogen and oxygen atoms in total. The molecule has 0 fully saturated rings. The van der Waals surface area contributed by atoms with E-state index in [0.717, 1.165) is 5.56 Å². The second-order valence-electron chi connectivity index (χ2n) is 7.76. The van der Waals surface area contributed by atoms with Crippen LogP contribution in [0.3, 0.4) is 0 Å². The van der Waals surface area contributed by atoms with Crippen molar-refractivity contribution >= 4 is 11.9 Å². The number of carbonyl (C=O) groups excluding carboxylic acids is 2. The Hall–Kier alpha value is -1.96. The van der Waals surface area contributed by atoms with Crippen molar-refractivity contribution in [3.8, 4) is 0 Å². The summed E-state index contributed by atoms with van der Waals surface area (Å²) in [5.74, 6) is -0.816. The van der Waals surface area contributed by atoms with E-state index in [0.29, 0.717) is 26.2 Å². The van der Waals surface area contributed by atoms with E-state index in [2.05, 4.69) is 0 Å². The number of hydrogen-bond acceptors (Lipinski definition) is 6. The fraction of sp³-hybridized carbons (Fsp3) is 0.636. The minimum Gasteiger partial charge on any atom is -0.460 e. The maximum absolute atomic E-state index is 13.0. The summed E-state index contributed by atoms with van der Waals surface area (Å²) in [5.41, 5.74) is 6.54. The lowest BCUT2D eigenvalue weighted by molar-refractivity contribution is -0.162. The molecule has 164 valence electrons. The molecule has 7 heteroatoms. The molecule has 0 saturated heterocycles. The molecule has 0 aliphatic rings. The summed E-state index contributed by atoms with van der Waals surface area (Å²) < 4.78 is 16.5. The molecule has 1 rings (SSSR count). The highest BCUT2D eigenvalue weighted by molar-refractivity contribution is 5.86. The molecular weight excluding hydrogens is 372 g/mol. The molecule has 0 aliphatic heterocycles. The van der Waals surface area contributed by atoms with Gasteiger partial charge in [-0.2, -0.15) is 0 Å². The number of benzene rings is 1. The number of amides is 1. The third kappa shape index (κ3) is 10.4. The number of ether oxygens (including phenoxy) is 3. The molecule has 0 aromatic heterocycles. The predicted molar refractivity (Wildman–Crippen MR) is 112 cm³/mol. The Morgan fingerprint density at radius 1 is 1.07 bits per heavy atom. The number of nitrogens with two attached hydrogens (primary N) is 1. The highest BCUT2D eigenvalue weighted by Crippen LogP contribution is 2.11. The lowest BCUT2D eigenvalue weighted by Crippen LogP contribution is -2.49. The Morgan fingerprint density at radius 3 is 2.17 bits per heavy atom. The minimum absolute atomic E-state index is 0.175. The molecule has 0 heterocycles. The van der Waals surface area contributed by atoms with Gasteiger partial charge in [0.25, 0.3) is 0 Å². The van der Waals surface area contributed by atoms with E-state index in [1.165, 1.54) is 0 Å². The fourth-order valence-electron chi connectivity index (χ4n) is 2.79. The van der Waals surface area contributed by atoms with E-state index in [4.69, 9.17) is 19.9 Å². The second kappa shape index (κ2) is 12.6. The van der Waals surface area contributed by atoms with Gasteiger partial charge in [0, 0.05) is 19.8 Å². The minimum atomic E-state index is -0.982. The largest absolute Gasteiger partial charge is 0.460 e.